The first kappa shape index (κ1) is 13.8. The van der Waals surface area contributed by atoms with Crippen LogP contribution in [-0.2, 0) is 9.31 Å². The van der Waals surface area contributed by atoms with Crippen molar-refractivity contribution in [2.24, 2.45) is 0 Å². The minimum atomic E-state index is -0.795. The van der Waals surface area contributed by atoms with Crippen LogP contribution in [0.3, 0.4) is 0 Å². The molecule has 3 rings (SSSR count). The van der Waals surface area contributed by atoms with Gasteiger partial charge in [0.1, 0.15) is 18.3 Å². The molecule has 0 amide bonds. The summed E-state index contributed by atoms with van der Waals surface area (Å²) < 4.78 is 25.0. The fourth-order valence-electron chi connectivity index (χ4n) is 2.09. The van der Waals surface area contributed by atoms with Crippen molar-refractivity contribution < 1.29 is 13.7 Å². The van der Waals surface area contributed by atoms with Crippen molar-refractivity contribution in [1.82, 2.24) is 9.97 Å². The fourth-order valence-corrected chi connectivity index (χ4v) is 2.09. The van der Waals surface area contributed by atoms with Gasteiger partial charge >= 0.3 is 7.12 Å². The number of rotatable bonds is 3. The molecule has 1 aromatic heterocycles. The van der Waals surface area contributed by atoms with Gasteiger partial charge in [0, 0.05) is 18.1 Å². The van der Waals surface area contributed by atoms with Gasteiger partial charge in [-0.1, -0.05) is 0 Å². The molecule has 1 aliphatic carbocycles. The zero-order valence-corrected chi connectivity index (χ0v) is 12.2. The van der Waals surface area contributed by atoms with Crippen molar-refractivity contribution in [1.29, 1.82) is 0 Å². The highest BCUT2D eigenvalue weighted by atomic mass is 19.1. The van der Waals surface area contributed by atoms with Crippen LogP contribution in [0, 0.1) is 0 Å². The van der Waals surface area contributed by atoms with Crippen molar-refractivity contribution in [3.05, 3.63) is 12.5 Å². The van der Waals surface area contributed by atoms with E-state index in [0.29, 0.717) is 17.7 Å². The molecule has 1 aromatic rings. The molecule has 0 radical (unpaired) electrons. The summed E-state index contributed by atoms with van der Waals surface area (Å²) in [4.78, 5) is 8.21. The third kappa shape index (κ3) is 2.29. The molecular weight excluding hydrogens is 260 g/mol. The molecule has 1 saturated carbocycles. The maximum Gasteiger partial charge on any atom is 0.500 e. The van der Waals surface area contributed by atoms with Crippen LogP contribution in [0.25, 0.3) is 0 Å². The number of aromatic nitrogens is 2. The summed E-state index contributed by atoms with van der Waals surface area (Å²) >= 11 is 0. The van der Waals surface area contributed by atoms with Crippen molar-refractivity contribution in [3.8, 4) is 0 Å². The third-order valence-electron chi connectivity index (χ3n) is 4.28. The van der Waals surface area contributed by atoms with Crippen LogP contribution in [-0.4, -0.2) is 40.5 Å². The minimum absolute atomic E-state index is 0.161. The van der Waals surface area contributed by atoms with Crippen LogP contribution in [0.2, 0.25) is 0 Å². The first-order chi connectivity index (χ1) is 9.30. The Labute approximate surface area is 118 Å². The van der Waals surface area contributed by atoms with Gasteiger partial charge in [-0.15, -0.1) is 0 Å². The van der Waals surface area contributed by atoms with Crippen LogP contribution in [0.15, 0.2) is 12.5 Å². The average molecular weight is 279 g/mol. The van der Waals surface area contributed by atoms with Gasteiger partial charge in [-0.2, -0.15) is 0 Å². The van der Waals surface area contributed by atoms with E-state index in [1.807, 2.05) is 27.7 Å². The lowest BCUT2D eigenvalue weighted by molar-refractivity contribution is 0.00578. The van der Waals surface area contributed by atoms with Gasteiger partial charge in [0.15, 0.2) is 0 Å². The third-order valence-corrected chi connectivity index (χ3v) is 4.28. The molecule has 1 saturated heterocycles. The van der Waals surface area contributed by atoms with Gasteiger partial charge < -0.3 is 14.6 Å². The summed E-state index contributed by atoms with van der Waals surface area (Å²) in [6.07, 6.45) is 2.82. The standard InChI is InChI=1S/C13H19BFN3O2/c1-12(2)13(3,4)20-14(19-12)8-6-16-7-17-11(8)18-10-5-9(10)15/h6-7,9-10H,5H2,1-4H3,(H,16,17,18). The highest BCUT2D eigenvalue weighted by molar-refractivity contribution is 6.63. The van der Waals surface area contributed by atoms with Crippen LogP contribution < -0.4 is 10.8 Å². The van der Waals surface area contributed by atoms with E-state index >= 15 is 0 Å². The molecule has 2 atom stereocenters. The molecule has 1 aliphatic heterocycles. The van der Waals surface area contributed by atoms with E-state index in [1.54, 1.807) is 6.20 Å². The Morgan fingerprint density at radius 1 is 1.30 bits per heavy atom. The molecular formula is C13H19BFN3O2. The van der Waals surface area contributed by atoms with Crippen molar-refractivity contribution in [3.63, 3.8) is 0 Å². The summed E-state index contributed by atoms with van der Waals surface area (Å²) in [6.45, 7) is 7.95. The molecule has 2 fully saturated rings. The second-order valence-electron chi connectivity index (χ2n) is 6.42. The molecule has 0 aromatic carbocycles. The molecule has 108 valence electrons. The Morgan fingerprint density at radius 2 is 1.90 bits per heavy atom. The maximum atomic E-state index is 13.0. The van der Waals surface area contributed by atoms with E-state index in [-0.39, 0.29) is 6.04 Å². The van der Waals surface area contributed by atoms with E-state index in [9.17, 15) is 4.39 Å². The lowest BCUT2D eigenvalue weighted by Gasteiger charge is -2.32. The highest BCUT2D eigenvalue weighted by Gasteiger charge is 2.53. The average Bonchev–Trinajstić information content (AvgIpc) is 2.97. The molecule has 7 heteroatoms. The first-order valence-electron chi connectivity index (χ1n) is 6.86. The first-order valence-corrected chi connectivity index (χ1v) is 6.86. The van der Waals surface area contributed by atoms with E-state index in [0.717, 1.165) is 0 Å². The van der Waals surface area contributed by atoms with E-state index in [2.05, 4.69) is 15.3 Å². The lowest BCUT2D eigenvalue weighted by Crippen LogP contribution is -2.41. The van der Waals surface area contributed by atoms with Crippen LogP contribution >= 0.6 is 0 Å². The predicted molar refractivity (Wildman–Crippen MR) is 74.7 cm³/mol. The number of hydrogen-bond donors (Lipinski definition) is 1. The molecule has 2 unspecified atom stereocenters. The predicted octanol–water partition coefficient (Wildman–Crippen LogP) is 1.30. The molecule has 0 bridgehead atoms. The fraction of sp³-hybridized carbons (Fsp3) is 0.692. The largest absolute Gasteiger partial charge is 0.500 e. The summed E-state index contributed by atoms with van der Waals surface area (Å²) in [5.74, 6) is 0.587. The molecule has 0 spiro atoms. The molecule has 1 N–H and O–H groups in total. The van der Waals surface area contributed by atoms with E-state index in [4.69, 9.17) is 9.31 Å². The number of alkyl halides is 1. The Balaban J connectivity index is 1.84. The Hall–Kier alpha value is -1.21. The lowest BCUT2D eigenvalue weighted by atomic mass is 9.80. The van der Waals surface area contributed by atoms with Crippen LogP contribution in [0.5, 0.6) is 0 Å². The van der Waals surface area contributed by atoms with Gasteiger partial charge in [0.05, 0.1) is 17.2 Å². The maximum absolute atomic E-state index is 13.0. The van der Waals surface area contributed by atoms with Gasteiger partial charge in [-0.3, -0.25) is 0 Å². The molecule has 20 heavy (non-hydrogen) atoms. The van der Waals surface area contributed by atoms with Crippen molar-refractivity contribution in [2.75, 3.05) is 5.32 Å². The Morgan fingerprint density at radius 3 is 2.45 bits per heavy atom. The molecule has 2 aliphatic rings. The van der Waals surface area contributed by atoms with Crippen molar-refractivity contribution >= 4 is 18.4 Å². The summed E-state index contributed by atoms with van der Waals surface area (Å²) in [5.41, 5.74) is -0.134. The zero-order valence-electron chi connectivity index (χ0n) is 12.2. The summed E-state index contributed by atoms with van der Waals surface area (Å²) in [6, 6.07) is -0.161. The number of nitrogens with one attached hydrogen (secondary N) is 1. The van der Waals surface area contributed by atoms with Crippen LogP contribution in [0.4, 0.5) is 10.2 Å². The van der Waals surface area contributed by atoms with E-state index in [1.165, 1.54) is 6.33 Å². The van der Waals surface area contributed by atoms with Gasteiger partial charge in [0.2, 0.25) is 0 Å². The van der Waals surface area contributed by atoms with Gasteiger partial charge in [-0.05, 0) is 27.7 Å². The quantitative estimate of drug-likeness (QED) is 0.845. The molecule has 5 nitrogen and oxygen atoms in total. The van der Waals surface area contributed by atoms with Crippen LogP contribution in [0.1, 0.15) is 34.1 Å². The second-order valence-corrected chi connectivity index (χ2v) is 6.42. The topological polar surface area (TPSA) is 56.3 Å². The number of nitrogens with zero attached hydrogens (tertiary/aromatic N) is 2. The summed E-state index contributed by atoms with van der Waals surface area (Å²) in [5, 5.41) is 3.08. The normalized spacial score (nSPS) is 30.4. The number of hydrogen-bond acceptors (Lipinski definition) is 5. The summed E-state index contributed by atoms with van der Waals surface area (Å²) in [7, 11) is -0.541. The second kappa shape index (κ2) is 4.39. The van der Waals surface area contributed by atoms with Crippen molar-refractivity contribution in [2.45, 2.75) is 57.5 Å². The minimum Gasteiger partial charge on any atom is -0.399 e. The van der Waals surface area contributed by atoms with Gasteiger partial charge in [0.25, 0.3) is 0 Å². The number of anilines is 1. The Kier molecular flexibility index (Phi) is 3.02. The zero-order chi connectivity index (χ0) is 14.5. The monoisotopic (exact) mass is 279 g/mol. The number of halogens is 1. The van der Waals surface area contributed by atoms with E-state index < -0.39 is 24.5 Å². The smallest absolute Gasteiger partial charge is 0.399 e. The Bertz CT molecular complexity index is 510. The van der Waals surface area contributed by atoms with Gasteiger partial charge in [-0.25, -0.2) is 14.4 Å². The molecule has 2 heterocycles. The SMILES string of the molecule is CC1(C)OB(c2cncnc2NC2CC2F)OC1(C)C. The highest BCUT2D eigenvalue weighted by Crippen LogP contribution is 2.37.